The van der Waals surface area contributed by atoms with Crippen molar-refractivity contribution in [2.45, 2.75) is 11.3 Å². The van der Waals surface area contributed by atoms with Crippen molar-refractivity contribution in [1.29, 1.82) is 0 Å². The number of Topliss-reactive ketones (excluding diaryl/α,β-unsaturated/α-hetero) is 1. The molecule has 2 aromatic rings. The van der Waals surface area contributed by atoms with Gasteiger partial charge < -0.3 is 0 Å². The number of benzene rings is 2. The van der Waals surface area contributed by atoms with Crippen molar-refractivity contribution in [3.63, 3.8) is 0 Å². The maximum Gasteiger partial charge on any atom is 0.163 e. The molecule has 0 heterocycles. The molecule has 0 aromatic heterocycles. The highest BCUT2D eigenvalue weighted by Crippen LogP contribution is 2.30. The third-order valence-electron chi connectivity index (χ3n) is 2.58. The Kier molecular flexibility index (Phi) is 5.32. The molecule has 0 saturated carbocycles. The first kappa shape index (κ1) is 14.4. The van der Waals surface area contributed by atoms with Gasteiger partial charge in [0.15, 0.2) is 5.78 Å². The van der Waals surface area contributed by atoms with E-state index < -0.39 is 0 Å². The fraction of sp³-hybridized carbons (Fsp3) is 0.133. The van der Waals surface area contributed by atoms with Crippen molar-refractivity contribution in [2.24, 2.45) is 0 Å². The predicted octanol–water partition coefficient (Wildman–Crippen LogP) is 5.36. The standard InChI is InChI=1S/C15H12Cl2OS/c16-12-6-7-13(17)15(10-12)19-9-8-14(18)11-4-2-1-3-5-11/h1-7,10H,8-9H2. The van der Waals surface area contributed by atoms with Gasteiger partial charge in [0.05, 0.1) is 5.02 Å². The molecule has 98 valence electrons. The van der Waals surface area contributed by atoms with Crippen LogP contribution < -0.4 is 0 Å². The van der Waals surface area contributed by atoms with Crippen LogP contribution in [0.5, 0.6) is 0 Å². The van der Waals surface area contributed by atoms with Gasteiger partial charge in [0.1, 0.15) is 0 Å². The minimum atomic E-state index is 0.145. The summed E-state index contributed by atoms with van der Waals surface area (Å²) in [4.78, 5) is 12.8. The summed E-state index contributed by atoms with van der Waals surface area (Å²) in [7, 11) is 0. The largest absolute Gasteiger partial charge is 0.294 e. The Morgan fingerprint density at radius 2 is 1.79 bits per heavy atom. The molecule has 2 aromatic carbocycles. The summed E-state index contributed by atoms with van der Waals surface area (Å²) in [6.45, 7) is 0. The maximum absolute atomic E-state index is 11.9. The van der Waals surface area contributed by atoms with Crippen LogP contribution in [-0.4, -0.2) is 11.5 Å². The van der Waals surface area contributed by atoms with Crippen LogP contribution in [0.1, 0.15) is 16.8 Å². The minimum absolute atomic E-state index is 0.145. The Balaban J connectivity index is 1.90. The predicted molar refractivity (Wildman–Crippen MR) is 82.6 cm³/mol. The molecule has 4 heteroatoms. The van der Waals surface area contributed by atoms with E-state index in [4.69, 9.17) is 23.2 Å². The van der Waals surface area contributed by atoms with Crippen molar-refractivity contribution < 1.29 is 4.79 Å². The van der Waals surface area contributed by atoms with E-state index in [1.165, 1.54) is 0 Å². The van der Waals surface area contributed by atoms with Crippen LogP contribution in [0.4, 0.5) is 0 Å². The number of ketones is 1. The highest BCUT2D eigenvalue weighted by Gasteiger charge is 2.07. The van der Waals surface area contributed by atoms with Crippen LogP contribution in [0.2, 0.25) is 10.0 Å². The van der Waals surface area contributed by atoms with Crippen LogP contribution in [0.25, 0.3) is 0 Å². The molecule has 2 rings (SSSR count). The Hall–Kier alpha value is -0.960. The first-order valence-corrected chi connectivity index (χ1v) is 7.57. The molecule has 0 fully saturated rings. The van der Waals surface area contributed by atoms with Crippen molar-refractivity contribution in [2.75, 3.05) is 5.75 Å². The van der Waals surface area contributed by atoms with Crippen molar-refractivity contribution in [3.8, 4) is 0 Å². The van der Waals surface area contributed by atoms with E-state index in [2.05, 4.69) is 0 Å². The van der Waals surface area contributed by atoms with E-state index in [0.717, 1.165) is 10.5 Å². The second-order valence-electron chi connectivity index (χ2n) is 3.96. The highest BCUT2D eigenvalue weighted by molar-refractivity contribution is 7.99. The lowest BCUT2D eigenvalue weighted by Gasteiger charge is -2.04. The van der Waals surface area contributed by atoms with Gasteiger partial charge in [0.2, 0.25) is 0 Å². The first-order valence-electron chi connectivity index (χ1n) is 5.83. The third-order valence-corrected chi connectivity index (χ3v) is 4.31. The molecule has 0 radical (unpaired) electrons. The van der Waals surface area contributed by atoms with Gasteiger partial charge in [-0.25, -0.2) is 0 Å². The second kappa shape index (κ2) is 6.99. The molecule has 0 bridgehead atoms. The average molecular weight is 311 g/mol. The number of carbonyl (C=O) groups excluding carboxylic acids is 1. The SMILES string of the molecule is O=C(CCSc1cc(Cl)ccc1Cl)c1ccccc1. The van der Waals surface area contributed by atoms with Crippen LogP contribution in [0, 0.1) is 0 Å². The molecular weight excluding hydrogens is 299 g/mol. The Labute approximate surface area is 126 Å². The van der Waals surface area contributed by atoms with Crippen LogP contribution in [0.15, 0.2) is 53.4 Å². The summed E-state index contributed by atoms with van der Waals surface area (Å²) < 4.78 is 0. The zero-order valence-corrected chi connectivity index (χ0v) is 12.4. The summed E-state index contributed by atoms with van der Waals surface area (Å²) in [5.74, 6) is 0.833. The van der Waals surface area contributed by atoms with Gasteiger partial charge in [-0.05, 0) is 18.2 Å². The normalized spacial score (nSPS) is 10.4. The lowest BCUT2D eigenvalue weighted by molar-refractivity contribution is 0.0989. The van der Waals surface area contributed by atoms with Crippen LogP contribution in [0.3, 0.4) is 0 Å². The third kappa shape index (κ3) is 4.27. The zero-order valence-electron chi connectivity index (χ0n) is 10.1. The molecule has 0 unspecified atom stereocenters. The fourth-order valence-corrected chi connectivity index (χ4v) is 3.05. The van der Waals surface area contributed by atoms with E-state index in [9.17, 15) is 4.79 Å². The van der Waals surface area contributed by atoms with Gasteiger partial charge in [-0.3, -0.25) is 4.79 Å². The Bertz CT molecular complexity index is 570. The minimum Gasteiger partial charge on any atom is -0.294 e. The second-order valence-corrected chi connectivity index (χ2v) is 5.94. The average Bonchev–Trinajstić information content (AvgIpc) is 2.43. The van der Waals surface area contributed by atoms with E-state index in [1.807, 2.05) is 36.4 Å². The fourth-order valence-electron chi connectivity index (χ4n) is 1.61. The Morgan fingerprint density at radius 3 is 2.53 bits per heavy atom. The van der Waals surface area contributed by atoms with Crippen molar-refractivity contribution in [3.05, 3.63) is 64.1 Å². The summed E-state index contributed by atoms with van der Waals surface area (Å²) in [5, 5.41) is 1.32. The monoisotopic (exact) mass is 310 g/mol. The lowest BCUT2D eigenvalue weighted by atomic mass is 10.1. The van der Waals surface area contributed by atoms with E-state index in [-0.39, 0.29) is 5.78 Å². The molecule has 19 heavy (non-hydrogen) atoms. The van der Waals surface area contributed by atoms with E-state index in [0.29, 0.717) is 22.2 Å². The zero-order chi connectivity index (χ0) is 13.7. The number of halogens is 2. The molecule has 0 saturated heterocycles. The summed E-state index contributed by atoms with van der Waals surface area (Å²) in [6.07, 6.45) is 0.484. The highest BCUT2D eigenvalue weighted by atomic mass is 35.5. The number of hydrogen-bond donors (Lipinski definition) is 0. The van der Waals surface area contributed by atoms with Crippen molar-refractivity contribution in [1.82, 2.24) is 0 Å². The lowest BCUT2D eigenvalue weighted by Crippen LogP contribution is -1.99. The topological polar surface area (TPSA) is 17.1 Å². The molecule has 0 spiro atoms. The number of rotatable bonds is 5. The summed E-state index contributed by atoms with van der Waals surface area (Å²) in [5.41, 5.74) is 0.750. The van der Waals surface area contributed by atoms with Gasteiger partial charge >= 0.3 is 0 Å². The molecule has 0 aliphatic rings. The molecule has 0 aliphatic carbocycles. The van der Waals surface area contributed by atoms with Crippen LogP contribution in [-0.2, 0) is 0 Å². The van der Waals surface area contributed by atoms with Crippen molar-refractivity contribution >= 4 is 40.7 Å². The molecule has 0 aliphatic heterocycles. The summed E-state index contributed by atoms with van der Waals surface area (Å²) >= 11 is 13.5. The quantitative estimate of drug-likeness (QED) is 0.546. The van der Waals surface area contributed by atoms with Gasteiger partial charge in [0, 0.05) is 27.7 Å². The smallest absolute Gasteiger partial charge is 0.163 e. The molecular formula is C15H12Cl2OS. The van der Waals surface area contributed by atoms with E-state index in [1.54, 1.807) is 23.9 Å². The molecule has 1 nitrogen and oxygen atoms in total. The van der Waals surface area contributed by atoms with Gasteiger partial charge in [-0.1, -0.05) is 53.5 Å². The first-order chi connectivity index (χ1) is 9.16. The van der Waals surface area contributed by atoms with E-state index >= 15 is 0 Å². The Morgan fingerprint density at radius 1 is 1.05 bits per heavy atom. The number of thioether (sulfide) groups is 1. The molecule has 0 atom stereocenters. The van der Waals surface area contributed by atoms with Gasteiger partial charge in [-0.2, -0.15) is 0 Å². The molecule has 0 amide bonds. The number of hydrogen-bond acceptors (Lipinski definition) is 2. The summed E-state index contributed by atoms with van der Waals surface area (Å²) in [6, 6.07) is 14.6. The van der Waals surface area contributed by atoms with Gasteiger partial charge in [-0.15, -0.1) is 11.8 Å². The molecule has 0 N–H and O–H groups in total. The number of carbonyl (C=O) groups is 1. The maximum atomic E-state index is 11.9. The van der Waals surface area contributed by atoms with Crippen LogP contribution >= 0.6 is 35.0 Å². The van der Waals surface area contributed by atoms with Gasteiger partial charge in [0.25, 0.3) is 0 Å².